The summed E-state index contributed by atoms with van der Waals surface area (Å²) in [4.78, 5) is 23.8. The summed E-state index contributed by atoms with van der Waals surface area (Å²) in [7, 11) is 4.08. The maximum atomic E-state index is 11.1. The molecule has 9 heteroatoms. The summed E-state index contributed by atoms with van der Waals surface area (Å²) in [5.74, 6) is 0.617. The average Bonchev–Trinajstić information content (AvgIpc) is 2.67. The molecule has 0 bridgehead atoms. The molecule has 184 valence electrons. The predicted molar refractivity (Wildman–Crippen MR) is 119 cm³/mol. The van der Waals surface area contributed by atoms with Crippen LogP contribution in [0.1, 0.15) is 48.0 Å². The van der Waals surface area contributed by atoms with Crippen molar-refractivity contribution in [1.29, 1.82) is 0 Å². The van der Waals surface area contributed by atoms with Gasteiger partial charge in [-0.1, -0.05) is 26.8 Å². The lowest BCUT2D eigenvalue weighted by molar-refractivity contribution is -0.184. The van der Waals surface area contributed by atoms with Crippen LogP contribution in [0.25, 0.3) is 0 Å². The van der Waals surface area contributed by atoms with Crippen LogP contribution >= 0.6 is 0 Å². The molecule has 0 fully saturated rings. The van der Waals surface area contributed by atoms with Crippen molar-refractivity contribution < 1.29 is 32.2 Å². The maximum Gasteiger partial charge on any atom is 0.422 e. The van der Waals surface area contributed by atoms with Crippen LogP contribution in [0.5, 0.6) is 0 Å². The van der Waals surface area contributed by atoms with Gasteiger partial charge in [0.05, 0.1) is 0 Å². The Morgan fingerprint density at radius 1 is 1.13 bits per heavy atom. The lowest BCUT2D eigenvalue weighted by Crippen LogP contribution is -2.25. The van der Waals surface area contributed by atoms with E-state index in [9.17, 15) is 22.8 Å². The second-order valence-corrected chi connectivity index (χ2v) is 7.14. The second-order valence-electron chi connectivity index (χ2n) is 7.14. The molecular weight excluding hydrogens is 413 g/mol. The van der Waals surface area contributed by atoms with E-state index in [2.05, 4.69) is 36.5 Å². The Balaban J connectivity index is -0.000000390. The standard InChI is InChI=1S/C11H21NO.C7H15NO.C4H5F3O2/c1-5-7-8-11(6-2)13-10-9-12(3)4;1-4-8(6-9)5-7(2)3;1-3(8)9-2-4(5,6)7/h6-8H,5,9-10H2,1-4H3;6-7H,4-5H2,1-3H3;2H2,1H3/b8-7-,11-6+;;. The third-order valence-electron chi connectivity index (χ3n) is 3.20. The molecule has 0 saturated heterocycles. The van der Waals surface area contributed by atoms with E-state index in [4.69, 9.17) is 4.74 Å². The minimum Gasteiger partial charge on any atom is -0.493 e. The minimum atomic E-state index is -4.41. The van der Waals surface area contributed by atoms with Crippen LogP contribution in [0.3, 0.4) is 0 Å². The summed E-state index contributed by atoms with van der Waals surface area (Å²) >= 11 is 0. The molecule has 0 aliphatic carbocycles. The Bertz CT molecular complexity index is 505. The molecule has 0 aliphatic heterocycles. The van der Waals surface area contributed by atoms with Crippen molar-refractivity contribution in [3.05, 3.63) is 24.0 Å². The van der Waals surface area contributed by atoms with Crippen LogP contribution in [0.15, 0.2) is 24.0 Å². The number of carbonyl (C=O) groups is 2. The number of nitrogens with zero attached hydrogens (tertiary/aromatic N) is 2. The number of ether oxygens (including phenoxy) is 2. The maximum absolute atomic E-state index is 11.1. The normalized spacial score (nSPS) is 11.5. The molecule has 0 heterocycles. The Morgan fingerprint density at radius 2 is 1.71 bits per heavy atom. The largest absolute Gasteiger partial charge is 0.493 e. The molecule has 0 aliphatic rings. The Morgan fingerprint density at radius 3 is 1.97 bits per heavy atom. The van der Waals surface area contributed by atoms with Gasteiger partial charge in [0.15, 0.2) is 6.61 Å². The first-order chi connectivity index (χ1) is 14.3. The fraction of sp³-hybridized carbons (Fsp3) is 0.727. The van der Waals surface area contributed by atoms with Gasteiger partial charge >= 0.3 is 12.1 Å². The van der Waals surface area contributed by atoms with Gasteiger partial charge in [0.25, 0.3) is 0 Å². The van der Waals surface area contributed by atoms with Gasteiger partial charge in [-0.05, 0) is 52.4 Å². The zero-order valence-electron chi connectivity index (χ0n) is 20.3. The monoisotopic (exact) mass is 454 g/mol. The predicted octanol–water partition coefficient (Wildman–Crippen LogP) is 4.67. The number of carbonyl (C=O) groups excluding carboxylic acids is 2. The summed E-state index contributed by atoms with van der Waals surface area (Å²) in [5.41, 5.74) is 0. The van der Waals surface area contributed by atoms with Crippen LogP contribution in [0, 0.1) is 5.92 Å². The molecule has 31 heavy (non-hydrogen) atoms. The smallest absolute Gasteiger partial charge is 0.422 e. The minimum absolute atomic E-state index is 0.579. The van der Waals surface area contributed by atoms with Gasteiger partial charge in [-0.15, -0.1) is 0 Å². The lowest BCUT2D eigenvalue weighted by Gasteiger charge is -2.16. The SMILES string of the molecule is C/C=C(\C=C/CC)OCCN(C)C.CC(=O)OCC(F)(F)F.CCN(C=O)CC(C)C. The second kappa shape index (κ2) is 21.2. The molecule has 0 unspecified atom stereocenters. The molecule has 0 spiro atoms. The number of likely N-dealkylation sites (N-methyl/N-ethyl adjacent to an activating group) is 1. The van der Waals surface area contributed by atoms with E-state index >= 15 is 0 Å². The fourth-order valence-electron chi connectivity index (χ4n) is 1.71. The molecule has 0 radical (unpaired) electrons. The van der Waals surface area contributed by atoms with Crippen LogP contribution in [0.2, 0.25) is 0 Å². The zero-order valence-corrected chi connectivity index (χ0v) is 20.3. The van der Waals surface area contributed by atoms with Crippen molar-refractivity contribution in [2.24, 2.45) is 5.92 Å². The van der Waals surface area contributed by atoms with Gasteiger partial charge < -0.3 is 19.3 Å². The summed E-state index contributed by atoms with van der Waals surface area (Å²) in [6.45, 7) is 13.1. The molecule has 0 aromatic rings. The topological polar surface area (TPSA) is 59.1 Å². The highest BCUT2D eigenvalue weighted by atomic mass is 19.4. The van der Waals surface area contributed by atoms with E-state index in [-0.39, 0.29) is 0 Å². The highest BCUT2D eigenvalue weighted by Crippen LogP contribution is 2.14. The van der Waals surface area contributed by atoms with E-state index in [1.165, 1.54) is 0 Å². The van der Waals surface area contributed by atoms with Crippen LogP contribution in [0.4, 0.5) is 13.2 Å². The van der Waals surface area contributed by atoms with Crippen LogP contribution < -0.4 is 0 Å². The number of rotatable bonds is 11. The van der Waals surface area contributed by atoms with Gasteiger partial charge in [0.1, 0.15) is 12.4 Å². The van der Waals surface area contributed by atoms with Gasteiger partial charge in [-0.3, -0.25) is 9.59 Å². The van der Waals surface area contributed by atoms with E-state index in [0.717, 1.165) is 51.8 Å². The third kappa shape index (κ3) is 32.8. The third-order valence-corrected chi connectivity index (χ3v) is 3.20. The van der Waals surface area contributed by atoms with Crippen molar-refractivity contribution in [3.8, 4) is 0 Å². The fourth-order valence-corrected chi connectivity index (χ4v) is 1.71. The summed E-state index contributed by atoms with van der Waals surface area (Å²) in [6, 6.07) is 0. The van der Waals surface area contributed by atoms with Gasteiger partial charge in [0.2, 0.25) is 6.41 Å². The number of alkyl halides is 3. The molecule has 0 rings (SSSR count). The van der Waals surface area contributed by atoms with E-state index in [1.54, 1.807) is 4.90 Å². The van der Waals surface area contributed by atoms with Crippen LogP contribution in [-0.2, 0) is 19.1 Å². The number of amides is 1. The molecule has 0 N–H and O–H groups in total. The number of halogens is 3. The Kier molecular flexibility index (Phi) is 23.0. The highest BCUT2D eigenvalue weighted by molar-refractivity contribution is 5.65. The molecule has 6 nitrogen and oxygen atoms in total. The molecule has 0 atom stereocenters. The number of hydrogen-bond acceptors (Lipinski definition) is 5. The van der Waals surface area contributed by atoms with Crippen molar-refractivity contribution in [3.63, 3.8) is 0 Å². The Hall–Kier alpha value is -2.03. The van der Waals surface area contributed by atoms with Gasteiger partial charge in [-0.2, -0.15) is 13.2 Å². The van der Waals surface area contributed by atoms with E-state index in [1.807, 2.05) is 40.1 Å². The zero-order chi connectivity index (χ0) is 24.9. The molecule has 0 saturated carbocycles. The average molecular weight is 455 g/mol. The quantitative estimate of drug-likeness (QED) is 0.197. The lowest BCUT2D eigenvalue weighted by atomic mass is 10.2. The molecule has 0 aromatic heterocycles. The molecule has 1 amide bonds. The van der Waals surface area contributed by atoms with Crippen molar-refractivity contribution >= 4 is 12.4 Å². The van der Waals surface area contributed by atoms with Crippen molar-refractivity contribution in [2.75, 3.05) is 46.9 Å². The van der Waals surface area contributed by atoms with Gasteiger partial charge in [0, 0.05) is 26.6 Å². The van der Waals surface area contributed by atoms with E-state index < -0.39 is 18.8 Å². The highest BCUT2D eigenvalue weighted by Gasteiger charge is 2.28. The van der Waals surface area contributed by atoms with Crippen LogP contribution in [-0.4, -0.2) is 75.3 Å². The first kappa shape index (κ1) is 33.6. The number of allylic oxidation sites excluding steroid dienone is 3. The van der Waals surface area contributed by atoms with Crippen molar-refractivity contribution in [2.45, 2.75) is 54.1 Å². The summed E-state index contributed by atoms with van der Waals surface area (Å²) in [6.07, 6.45) is 3.66. The van der Waals surface area contributed by atoms with Crippen molar-refractivity contribution in [1.82, 2.24) is 9.80 Å². The van der Waals surface area contributed by atoms with Gasteiger partial charge in [-0.25, -0.2) is 0 Å². The molecular formula is C22H41F3N2O4. The summed E-state index contributed by atoms with van der Waals surface area (Å²) < 4.78 is 42.6. The number of esters is 1. The van der Waals surface area contributed by atoms with E-state index in [0.29, 0.717) is 5.92 Å². The first-order valence-corrected chi connectivity index (χ1v) is 10.3. The summed E-state index contributed by atoms with van der Waals surface area (Å²) in [5, 5.41) is 0. The first-order valence-electron chi connectivity index (χ1n) is 10.3. The number of hydrogen-bond donors (Lipinski definition) is 0. The molecule has 0 aromatic carbocycles. The Labute approximate surface area is 186 Å².